The summed E-state index contributed by atoms with van der Waals surface area (Å²) in [5.41, 5.74) is 2.27. The minimum Gasteiger partial charge on any atom is -0.492 e. The highest BCUT2D eigenvalue weighted by atomic mass is 32.1. The summed E-state index contributed by atoms with van der Waals surface area (Å²) >= 11 is 1.72. The van der Waals surface area contributed by atoms with Gasteiger partial charge in [0.1, 0.15) is 18.2 Å². The van der Waals surface area contributed by atoms with Crippen LogP contribution in [0.2, 0.25) is 0 Å². The molecule has 2 nitrogen and oxygen atoms in total. The quantitative estimate of drug-likeness (QED) is 0.395. The molecule has 0 aliphatic carbocycles. The molecule has 2 aromatic carbocycles. The molecule has 0 fully saturated rings. The van der Waals surface area contributed by atoms with Gasteiger partial charge in [-0.2, -0.15) is 0 Å². The van der Waals surface area contributed by atoms with Crippen LogP contribution in [0.5, 0.6) is 5.75 Å². The Kier molecular flexibility index (Phi) is 7.45. The van der Waals surface area contributed by atoms with E-state index in [1.165, 1.54) is 22.6 Å². The molecule has 4 heteroatoms. The van der Waals surface area contributed by atoms with Crippen LogP contribution >= 0.6 is 11.3 Å². The van der Waals surface area contributed by atoms with Crippen LogP contribution < -0.4 is 4.74 Å². The zero-order chi connectivity index (χ0) is 20.8. The van der Waals surface area contributed by atoms with E-state index in [1.54, 1.807) is 11.3 Å². The van der Waals surface area contributed by atoms with Gasteiger partial charge >= 0.3 is 0 Å². The van der Waals surface area contributed by atoms with E-state index in [0.29, 0.717) is 18.7 Å². The average molecular weight is 412 g/mol. The highest BCUT2D eigenvalue weighted by Crippen LogP contribution is 2.35. The van der Waals surface area contributed by atoms with Crippen LogP contribution in [0.3, 0.4) is 0 Å². The number of rotatable bonds is 9. The summed E-state index contributed by atoms with van der Waals surface area (Å²) in [6.07, 6.45) is 0. The van der Waals surface area contributed by atoms with Gasteiger partial charge in [0.15, 0.2) is 0 Å². The topological polar surface area (TPSA) is 12.5 Å². The average Bonchev–Trinajstić information content (AvgIpc) is 3.22. The molecule has 0 radical (unpaired) electrons. The van der Waals surface area contributed by atoms with Crippen molar-refractivity contribution < 1.29 is 9.13 Å². The lowest BCUT2D eigenvalue weighted by Gasteiger charge is -2.30. The fourth-order valence-corrected chi connectivity index (χ4v) is 4.65. The van der Waals surface area contributed by atoms with Crippen LogP contribution in [0.1, 0.15) is 49.6 Å². The molecule has 1 unspecified atom stereocenters. The molecule has 0 aliphatic rings. The molecule has 0 N–H and O–H groups in total. The van der Waals surface area contributed by atoms with Crippen molar-refractivity contribution in [3.63, 3.8) is 0 Å². The van der Waals surface area contributed by atoms with Crippen molar-refractivity contribution in [2.45, 2.75) is 45.7 Å². The van der Waals surface area contributed by atoms with Gasteiger partial charge in [-0.05, 0) is 74.5 Å². The highest BCUT2D eigenvalue weighted by Gasteiger charge is 2.18. The van der Waals surface area contributed by atoms with Gasteiger partial charge in [-0.15, -0.1) is 11.3 Å². The summed E-state index contributed by atoms with van der Waals surface area (Å²) in [5.74, 6) is 0.770. The van der Waals surface area contributed by atoms with E-state index >= 15 is 0 Å². The normalized spacial score (nSPS) is 12.7. The Morgan fingerprint density at radius 2 is 1.45 bits per heavy atom. The van der Waals surface area contributed by atoms with E-state index in [0.717, 1.165) is 17.9 Å². The predicted octanol–water partition coefficient (Wildman–Crippen LogP) is 6.57. The molecule has 0 spiro atoms. The zero-order valence-electron chi connectivity index (χ0n) is 17.6. The molecule has 3 rings (SSSR count). The second-order valence-corrected chi connectivity index (χ2v) is 8.82. The predicted molar refractivity (Wildman–Crippen MR) is 121 cm³/mol. The van der Waals surface area contributed by atoms with Crippen LogP contribution in [0, 0.1) is 5.82 Å². The zero-order valence-corrected chi connectivity index (χ0v) is 18.5. The Balaban J connectivity index is 1.72. The van der Waals surface area contributed by atoms with Gasteiger partial charge in [-0.3, -0.25) is 4.90 Å². The first-order valence-electron chi connectivity index (χ1n) is 10.2. The second kappa shape index (κ2) is 10.0. The van der Waals surface area contributed by atoms with Crippen molar-refractivity contribution in [2.24, 2.45) is 0 Å². The van der Waals surface area contributed by atoms with E-state index in [4.69, 9.17) is 4.74 Å². The number of halogens is 1. The van der Waals surface area contributed by atoms with Gasteiger partial charge in [-0.25, -0.2) is 4.39 Å². The fraction of sp³-hybridized carbons (Fsp3) is 0.360. The Morgan fingerprint density at radius 1 is 0.862 bits per heavy atom. The Labute approximate surface area is 178 Å². The van der Waals surface area contributed by atoms with Crippen molar-refractivity contribution in [3.05, 3.63) is 87.9 Å². The van der Waals surface area contributed by atoms with E-state index in [2.05, 4.69) is 62.2 Å². The van der Waals surface area contributed by atoms with Crippen molar-refractivity contribution in [1.29, 1.82) is 0 Å². The summed E-state index contributed by atoms with van der Waals surface area (Å²) in [4.78, 5) is 3.67. The minimum atomic E-state index is -0.209. The maximum absolute atomic E-state index is 13.4. The maximum atomic E-state index is 13.4. The summed E-state index contributed by atoms with van der Waals surface area (Å²) in [5, 5.41) is 2.08. The highest BCUT2D eigenvalue weighted by molar-refractivity contribution is 7.10. The fourth-order valence-electron chi connectivity index (χ4n) is 3.77. The van der Waals surface area contributed by atoms with Crippen molar-refractivity contribution in [3.8, 4) is 5.75 Å². The first-order chi connectivity index (χ1) is 14.0. The molecule has 29 heavy (non-hydrogen) atoms. The minimum absolute atomic E-state index is 0.0991. The molecule has 1 aromatic heterocycles. The Morgan fingerprint density at radius 3 is 1.97 bits per heavy atom. The molecule has 1 heterocycles. The Hall–Kier alpha value is -2.17. The molecule has 154 valence electrons. The summed E-state index contributed by atoms with van der Waals surface area (Å²) in [6.45, 7) is 10.4. The number of hydrogen-bond donors (Lipinski definition) is 0. The SMILES string of the molecule is CC(C)N(CCOc1ccc(C(c2ccc(F)cc2)c2cccs2)cc1)C(C)C. The van der Waals surface area contributed by atoms with Crippen molar-refractivity contribution in [2.75, 3.05) is 13.2 Å². The van der Waals surface area contributed by atoms with E-state index in [1.807, 2.05) is 24.3 Å². The van der Waals surface area contributed by atoms with Gasteiger partial charge in [0, 0.05) is 29.4 Å². The van der Waals surface area contributed by atoms with Crippen molar-refractivity contribution >= 4 is 11.3 Å². The lowest BCUT2D eigenvalue weighted by atomic mass is 9.90. The van der Waals surface area contributed by atoms with Crippen LogP contribution in [-0.2, 0) is 0 Å². The van der Waals surface area contributed by atoms with E-state index in [-0.39, 0.29) is 11.7 Å². The molecular weight excluding hydrogens is 381 g/mol. The van der Waals surface area contributed by atoms with Gasteiger partial charge in [0.25, 0.3) is 0 Å². The van der Waals surface area contributed by atoms with Crippen LogP contribution in [0.25, 0.3) is 0 Å². The number of benzene rings is 2. The number of thiophene rings is 1. The first-order valence-corrected chi connectivity index (χ1v) is 11.1. The molecule has 3 aromatic rings. The van der Waals surface area contributed by atoms with Crippen molar-refractivity contribution in [1.82, 2.24) is 4.90 Å². The maximum Gasteiger partial charge on any atom is 0.123 e. The Bertz CT molecular complexity index is 849. The van der Waals surface area contributed by atoms with Gasteiger partial charge in [-0.1, -0.05) is 30.3 Å². The third kappa shape index (κ3) is 5.68. The lowest BCUT2D eigenvalue weighted by molar-refractivity contribution is 0.142. The molecule has 0 saturated heterocycles. The summed E-state index contributed by atoms with van der Waals surface area (Å²) in [6, 6.07) is 20.3. The van der Waals surface area contributed by atoms with E-state index in [9.17, 15) is 4.39 Å². The standard InChI is InChI=1S/C25H30FNOS/c1-18(2)27(19(3)4)15-16-28-23-13-9-21(10-14-23)25(24-6-5-17-29-24)20-7-11-22(26)12-8-20/h5-14,17-19,25H,15-16H2,1-4H3. The number of ether oxygens (including phenoxy) is 1. The molecular formula is C25H30FNOS. The summed E-state index contributed by atoms with van der Waals surface area (Å²) < 4.78 is 19.4. The van der Waals surface area contributed by atoms with Gasteiger partial charge < -0.3 is 4.74 Å². The van der Waals surface area contributed by atoms with E-state index < -0.39 is 0 Å². The first kappa shape index (κ1) is 21.5. The molecule has 0 aliphatic heterocycles. The third-order valence-electron chi connectivity index (χ3n) is 5.19. The van der Waals surface area contributed by atoms with Gasteiger partial charge in [0.2, 0.25) is 0 Å². The van der Waals surface area contributed by atoms with Gasteiger partial charge in [0.05, 0.1) is 0 Å². The molecule has 0 bridgehead atoms. The third-order valence-corrected chi connectivity index (χ3v) is 6.13. The molecule has 1 atom stereocenters. The second-order valence-electron chi connectivity index (χ2n) is 7.84. The smallest absolute Gasteiger partial charge is 0.123 e. The van der Waals surface area contributed by atoms with Crippen LogP contribution in [0.15, 0.2) is 66.0 Å². The van der Waals surface area contributed by atoms with Crippen LogP contribution in [0.4, 0.5) is 4.39 Å². The number of hydrogen-bond acceptors (Lipinski definition) is 3. The molecule has 0 amide bonds. The largest absolute Gasteiger partial charge is 0.492 e. The monoisotopic (exact) mass is 411 g/mol. The summed E-state index contributed by atoms with van der Waals surface area (Å²) in [7, 11) is 0. The lowest BCUT2D eigenvalue weighted by Crippen LogP contribution is -2.39. The number of nitrogens with zero attached hydrogens (tertiary/aromatic N) is 1. The molecule has 0 saturated carbocycles. The van der Waals surface area contributed by atoms with Crippen LogP contribution in [-0.4, -0.2) is 30.1 Å².